The number of esters is 3. The third-order valence-electron chi connectivity index (χ3n) is 10.9. The fraction of sp³-hybridized carbons (Fsp3) is 0.935. The van der Waals surface area contributed by atoms with Crippen LogP contribution in [0.2, 0.25) is 0 Å². The molecule has 0 aromatic rings. The van der Waals surface area contributed by atoms with Crippen LogP contribution in [0.3, 0.4) is 0 Å². The number of carbonyl (C=O) groups excluding carboxylic acids is 3. The Labute approximate surface area is 323 Å². The number of hydrogen-bond acceptors (Lipinski definition) is 6. The van der Waals surface area contributed by atoms with Gasteiger partial charge in [0.15, 0.2) is 6.10 Å². The maximum Gasteiger partial charge on any atom is 0.306 e. The van der Waals surface area contributed by atoms with Gasteiger partial charge in [-0.3, -0.25) is 14.4 Å². The average Bonchev–Trinajstić information content (AvgIpc) is 3.12. The lowest BCUT2D eigenvalue weighted by Gasteiger charge is -2.18. The van der Waals surface area contributed by atoms with E-state index >= 15 is 0 Å². The summed E-state index contributed by atoms with van der Waals surface area (Å²) in [5, 5.41) is 0. The first-order valence-electron chi connectivity index (χ1n) is 22.7. The fourth-order valence-electron chi connectivity index (χ4n) is 6.64. The van der Waals surface area contributed by atoms with Crippen molar-refractivity contribution in [1.29, 1.82) is 0 Å². The first kappa shape index (κ1) is 50.4. The lowest BCUT2D eigenvalue weighted by molar-refractivity contribution is -0.167. The second-order valence-electron chi connectivity index (χ2n) is 16.6. The largest absolute Gasteiger partial charge is 0.462 e. The molecule has 0 saturated heterocycles. The molecule has 0 aliphatic carbocycles. The van der Waals surface area contributed by atoms with E-state index in [0.29, 0.717) is 19.3 Å². The predicted octanol–water partition coefficient (Wildman–Crippen LogP) is 14.0. The summed E-state index contributed by atoms with van der Waals surface area (Å²) in [5.74, 6) is 1.59. The molecule has 0 N–H and O–H groups in total. The van der Waals surface area contributed by atoms with Crippen LogP contribution in [-0.2, 0) is 28.6 Å². The first-order chi connectivity index (χ1) is 25.2. The van der Waals surface area contributed by atoms with Crippen molar-refractivity contribution >= 4 is 17.9 Å². The molecule has 2 unspecified atom stereocenters. The molecule has 0 bridgehead atoms. The van der Waals surface area contributed by atoms with Gasteiger partial charge in [0.05, 0.1) is 0 Å². The van der Waals surface area contributed by atoms with Crippen molar-refractivity contribution in [2.45, 2.75) is 247 Å². The highest BCUT2D eigenvalue weighted by Crippen LogP contribution is 2.17. The van der Waals surface area contributed by atoms with Crippen molar-refractivity contribution in [2.75, 3.05) is 13.2 Å². The monoisotopic (exact) mass is 737 g/mol. The van der Waals surface area contributed by atoms with Gasteiger partial charge in [-0.15, -0.1) is 0 Å². The van der Waals surface area contributed by atoms with Crippen molar-refractivity contribution in [3.8, 4) is 0 Å². The molecule has 3 atom stereocenters. The van der Waals surface area contributed by atoms with Crippen molar-refractivity contribution in [1.82, 2.24) is 0 Å². The van der Waals surface area contributed by atoms with E-state index in [1.165, 1.54) is 122 Å². The molecule has 0 saturated carbocycles. The smallest absolute Gasteiger partial charge is 0.306 e. The summed E-state index contributed by atoms with van der Waals surface area (Å²) in [7, 11) is 0. The molecule has 0 fully saturated rings. The van der Waals surface area contributed by atoms with Crippen LogP contribution in [-0.4, -0.2) is 37.2 Å². The summed E-state index contributed by atoms with van der Waals surface area (Å²) in [6.07, 6.45) is 33.8. The van der Waals surface area contributed by atoms with Gasteiger partial charge in [0, 0.05) is 19.3 Å². The standard InChI is InChI=1S/C46H88O6/c1-7-41(5)33-27-21-15-11-9-10-12-16-23-29-35-44(47)50-38-43(52-46(49)37-31-25-17-13-14-20-26-32-40(3)4)39-51-45(48)36-30-24-19-18-22-28-34-42(6)8-2/h40-43H,7-39H2,1-6H3/t41?,42?,43-/m0/s1. The number of rotatable bonds is 39. The van der Waals surface area contributed by atoms with Crippen LogP contribution in [0.25, 0.3) is 0 Å². The maximum atomic E-state index is 12.7. The minimum atomic E-state index is -0.762. The molecule has 0 rings (SSSR count). The van der Waals surface area contributed by atoms with Gasteiger partial charge in [-0.1, -0.05) is 202 Å². The van der Waals surface area contributed by atoms with Crippen LogP contribution < -0.4 is 0 Å². The quantitative estimate of drug-likeness (QED) is 0.0355. The van der Waals surface area contributed by atoms with E-state index in [2.05, 4.69) is 41.5 Å². The zero-order valence-corrected chi connectivity index (χ0v) is 35.6. The van der Waals surface area contributed by atoms with Gasteiger partial charge < -0.3 is 14.2 Å². The second kappa shape index (κ2) is 37.7. The van der Waals surface area contributed by atoms with Crippen LogP contribution >= 0.6 is 0 Å². The lowest BCUT2D eigenvalue weighted by atomic mass is 9.99. The van der Waals surface area contributed by atoms with E-state index in [1.54, 1.807) is 0 Å². The molecule has 0 aliphatic heterocycles. The Balaban J connectivity index is 4.34. The van der Waals surface area contributed by atoms with E-state index in [4.69, 9.17) is 14.2 Å². The Kier molecular flexibility index (Phi) is 36.6. The molecule has 6 heteroatoms. The highest BCUT2D eigenvalue weighted by molar-refractivity contribution is 5.71. The van der Waals surface area contributed by atoms with Crippen LogP contribution in [0.4, 0.5) is 0 Å². The Hall–Kier alpha value is -1.59. The van der Waals surface area contributed by atoms with Crippen molar-refractivity contribution < 1.29 is 28.6 Å². The van der Waals surface area contributed by atoms with Crippen molar-refractivity contribution in [3.63, 3.8) is 0 Å². The van der Waals surface area contributed by atoms with E-state index < -0.39 is 6.10 Å². The molecule has 308 valence electrons. The third-order valence-corrected chi connectivity index (χ3v) is 10.9. The zero-order chi connectivity index (χ0) is 38.5. The normalized spacial score (nSPS) is 13.2. The maximum absolute atomic E-state index is 12.7. The molecule has 0 radical (unpaired) electrons. The highest BCUT2D eigenvalue weighted by atomic mass is 16.6. The Morgan fingerprint density at radius 2 is 0.673 bits per heavy atom. The summed E-state index contributed by atoms with van der Waals surface area (Å²) in [6.45, 7) is 13.6. The SMILES string of the molecule is CCC(C)CCCCCCCCCCCCC(=O)OC[C@@H](COC(=O)CCCCCCCCC(C)CC)OC(=O)CCCCCCCCCC(C)C. The minimum Gasteiger partial charge on any atom is -0.462 e. The first-order valence-corrected chi connectivity index (χ1v) is 22.7. The average molecular weight is 737 g/mol. The van der Waals surface area contributed by atoms with Gasteiger partial charge in [0.1, 0.15) is 13.2 Å². The van der Waals surface area contributed by atoms with Gasteiger partial charge in [-0.05, 0) is 37.0 Å². The summed E-state index contributed by atoms with van der Waals surface area (Å²) in [5.41, 5.74) is 0. The van der Waals surface area contributed by atoms with Gasteiger partial charge in [-0.25, -0.2) is 0 Å². The number of unbranched alkanes of at least 4 members (excludes halogenated alkanes) is 20. The molecule has 0 aliphatic rings. The topological polar surface area (TPSA) is 78.9 Å². The Morgan fingerprint density at radius 3 is 1.00 bits per heavy atom. The molecule has 0 spiro atoms. The van der Waals surface area contributed by atoms with Gasteiger partial charge in [0.2, 0.25) is 0 Å². The van der Waals surface area contributed by atoms with E-state index in [-0.39, 0.29) is 31.1 Å². The summed E-state index contributed by atoms with van der Waals surface area (Å²) in [6, 6.07) is 0. The predicted molar refractivity (Wildman–Crippen MR) is 219 cm³/mol. The summed E-state index contributed by atoms with van der Waals surface area (Å²) < 4.78 is 16.7. The van der Waals surface area contributed by atoms with Gasteiger partial charge >= 0.3 is 17.9 Å². The molecule has 6 nitrogen and oxygen atoms in total. The van der Waals surface area contributed by atoms with Crippen LogP contribution in [0.5, 0.6) is 0 Å². The van der Waals surface area contributed by atoms with Crippen LogP contribution in [0.15, 0.2) is 0 Å². The fourth-order valence-corrected chi connectivity index (χ4v) is 6.64. The molecule has 0 aromatic carbocycles. The van der Waals surface area contributed by atoms with Crippen LogP contribution in [0, 0.1) is 17.8 Å². The summed E-state index contributed by atoms with van der Waals surface area (Å²) >= 11 is 0. The van der Waals surface area contributed by atoms with Crippen LogP contribution in [0.1, 0.15) is 241 Å². The van der Waals surface area contributed by atoms with E-state index in [1.807, 2.05) is 0 Å². The molecule has 0 amide bonds. The number of hydrogen-bond donors (Lipinski definition) is 0. The molecule has 0 heterocycles. The molecule has 52 heavy (non-hydrogen) atoms. The molecular formula is C46H88O6. The zero-order valence-electron chi connectivity index (χ0n) is 35.6. The number of ether oxygens (including phenoxy) is 3. The third kappa shape index (κ3) is 36.8. The van der Waals surface area contributed by atoms with Gasteiger partial charge in [-0.2, -0.15) is 0 Å². The van der Waals surface area contributed by atoms with E-state index in [9.17, 15) is 14.4 Å². The van der Waals surface area contributed by atoms with Gasteiger partial charge in [0.25, 0.3) is 0 Å². The molecule has 0 aromatic heterocycles. The Bertz CT molecular complexity index is 811. The minimum absolute atomic E-state index is 0.0672. The van der Waals surface area contributed by atoms with E-state index in [0.717, 1.165) is 75.5 Å². The van der Waals surface area contributed by atoms with Crippen molar-refractivity contribution in [2.24, 2.45) is 17.8 Å². The Morgan fingerprint density at radius 1 is 0.385 bits per heavy atom. The highest BCUT2D eigenvalue weighted by Gasteiger charge is 2.19. The number of carbonyl (C=O) groups is 3. The molecular weight excluding hydrogens is 648 g/mol. The lowest BCUT2D eigenvalue weighted by Crippen LogP contribution is -2.30. The van der Waals surface area contributed by atoms with Crippen molar-refractivity contribution in [3.05, 3.63) is 0 Å². The summed E-state index contributed by atoms with van der Waals surface area (Å²) in [4.78, 5) is 37.7. The second-order valence-corrected chi connectivity index (χ2v) is 16.6.